The van der Waals surface area contributed by atoms with Gasteiger partial charge in [-0.1, -0.05) is 32.4 Å². The van der Waals surface area contributed by atoms with Gasteiger partial charge in [0.25, 0.3) is 0 Å². The number of aliphatic hydroxyl groups excluding tert-OH is 2. The van der Waals surface area contributed by atoms with Crippen molar-refractivity contribution in [2.75, 3.05) is 31.6 Å². The van der Waals surface area contributed by atoms with Crippen molar-refractivity contribution < 1.29 is 41.5 Å². The van der Waals surface area contributed by atoms with E-state index in [0.717, 1.165) is 61.8 Å². The van der Waals surface area contributed by atoms with Crippen LogP contribution in [0.25, 0.3) is 0 Å². The lowest BCUT2D eigenvalue weighted by Crippen LogP contribution is -2.45. The van der Waals surface area contributed by atoms with Gasteiger partial charge in [-0.3, -0.25) is 4.21 Å². The number of hydrogen-bond donors (Lipinski definition) is 3. The Morgan fingerprint density at radius 2 is 1.70 bits per heavy atom. The van der Waals surface area contributed by atoms with Crippen LogP contribution in [-0.2, 0) is 10.8 Å². The summed E-state index contributed by atoms with van der Waals surface area (Å²) < 4.78 is 74.9. The van der Waals surface area contributed by atoms with Crippen molar-refractivity contribution in [3.05, 3.63) is 41.5 Å². The summed E-state index contributed by atoms with van der Waals surface area (Å²) >= 11 is 0. The van der Waals surface area contributed by atoms with E-state index in [1.807, 2.05) is 13.1 Å². The standard InChI is InChI=1S/C33H48F5NO4S/c1-21-28(41)20-27-29-24(12-14-31(21,27)2)23-11-10-22(40)19-26(23)30(42)25(29)9-5-4-6-15-39(3)16-8-18-44(43)17-7-13-32(34,35)33(36,37)38/h10-11,19,24-25,27-30,40-42H,1,4-9,12-18,20H2,2-3H3/t24-,25+,27+,28-,29+,30+,31-,44?/m1/s1. The molecule has 4 rings (SSSR count). The third-order valence-electron chi connectivity index (χ3n) is 10.8. The summed E-state index contributed by atoms with van der Waals surface area (Å²) in [5, 5.41) is 32.6. The molecule has 5 nitrogen and oxygen atoms in total. The highest BCUT2D eigenvalue weighted by molar-refractivity contribution is 7.84. The topological polar surface area (TPSA) is 81.0 Å². The Balaban J connectivity index is 1.23. The van der Waals surface area contributed by atoms with Gasteiger partial charge in [0.2, 0.25) is 0 Å². The Morgan fingerprint density at radius 1 is 1.02 bits per heavy atom. The molecule has 3 aliphatic rings. The first-order valence-electron chi connectivity index (χ1n) is 15.9. The second kappa shape index (κ2) is 14.1. The molecule has 0 bridgehead atoms. The average Bonchev–Trinajstić information content (AvgIpc) is 3.17. The highest BCUT2D eigenvalue weighted by Crippen LogP contribution is 2.65. The molecule has 0 radical (unpaired) electrons. The van der Waals surface area contributed by atoms with Gasteiger partial charge in [0, 0.05) is 28.7 Å². The summed E-state index contributed by atoms with van der Waals surface area (Å²) in [5.41, 5.74) is 2.71. The molecule has 2 saturated carbocycles. The predicted molar refractivity (Wildman–Crippen MR) is 162 cm³/mol. The number of benzene rings is 1. The zero-order valence-electron chi connectivity index (χ0n) is 25.8. The Bertz CT molecular complexity index is 1180. The molecule has 44 heavy (non-hydrogen) atoms. The van der Waals surface area contributed by atoms with Crippen molar-refractivity contribution in [2.24, 2.45) is 23.2 Å². The van der Waals surface area contributed by atoms with E-state index in [9.17, 15) is 41.5 Å². The first kappa shape index (κ1) is 35.3. The fourth-order valence-corrected chi connectivity index (χ4v) is 9.39. The van der Waals surface area contributed by atoms with E-state index < -0.39 is 47.9 Å². The summed E-state index contributed by atoms with van der Waals surface area (Å²) in [6, 6.07) is 5.37. The molecule has 2 fully saturated rings. The Hall–Kier alpha value is -1.56. The summed E-state index contributed by atoms with van der Waals surface area (Å²) in [4.78, 5) is 2.11. The summed E-state index contributed by atoms with van der Waals surface area (Å²) in [6.07, 6.45) is -1.76. The lowest BCUT2D eigenvalue weighted by atomic mass is 9.51. The fourth-order valence-electron chi connectivity index (χ4n) is 8.27. The minimum absolute atomic E-state index is 0.0146. The Morgan fingerprint density at radius 3 is 2.41 bits per heavy atom. The molecular weight excluding hydrogens is 601 g/mol. The summed E-state index contributed by atoms with van der Waals surface area (Å²) in [6.45, 7) is 7.95. The molecule has 1 aromatic rings. The van der Waals surface area contributed by atoms with E-state index in [4.69, 9.17) is 0 Å². The minimum Gasteiger partial charge on any atom is -0.508 e. The molecule has 1 aromatic carbocycles. The SMILES string of the molecule is C=C1[C@H](O)C[C@H]2[C@@H]3[C@H](CCCCCN(C)CCCS(=O)CCCC(F)(F)C(F)(F)F)[C@H](O)c4cc(O)ccc4[C@H]3CC[C@]12C. The van der Waals surface area contributed by atoms with Crippen LogP contribution in [0.4, 0.5) is 22.0 Å². The summed E-state index contributed by atoms with van der Waals surface area (Å²) in [5.74, 6) is -3.74. The normalized spacial score (nSPS) is 31.1. The van der Waals surface area contributed by atoms with Gasteiger partial charge in [-0.2, -0.15) is 22.0 Å². The van der Waals surface area contributed by atoms with E-state index in [1.54, 1.807) is 12.1 Å². The average molecular weight is 650 g/mol. The predicted octanol–water partition coefficient (Wildman–Crippen LogP) is 7.10. The van der Waals surface area contributed by atoms with Crippen LogP contribution in [0.15, 0.2) is 30.4 Å². The second-order valence-electron chi connectivity index (χ2n) is 13.6. The lowest BCUT2D eigenvalue weighted by molar-refractivity contribution is -0.284. The molecule has 3 N–H and O–H groups in total. The first-order valence-corrected chi connectivity index (χ1v) is 17.4. The third kappa shape index (κ3) is 7.52. The van der Waals surface area contributed by atoms with Crippen LogP contribution in [0.3, 0.4) is 0 Å². The van der Waals surface area contributed by atoms with Gasteiger partial charge in [0.1, 0.15) is 5.75 Å². The smallest absolute Gasteiger partial charge is 0.453 e. The fraction of sp³-hybridized carbons (Fsp3) is 0.758. The van der Waals surface area contributed by atoms with Crippen LogP contribution in [0, 0.1) is 23.2 Å². The van der Waals surface area contributed by atoms with Gasteiger partial charge in [-0.25, -0.2) is 0 Å². The minimum atomic E-state index is -5.57. The molecule has 0 spiro atoms. The van der Waals surface area contributed by atoms with Crippen LogP contribution >= 0.6 is 0 Å². The van der Waals surface area contributed by atoms with E-state index >= 15 is 0 Å². The highest BCUT2D eigenvalue weighted by Gasteiger charge is 2.58. The van der Waals surface area contributed by atoms with E-state index in [1.165, 1.54) is 0 Å². The quantitative estimate of drug-likeness (QED) is 0.114. The van der Waals surface area contributed by atoms with Crippen molar-refractivity contribution >= 4 is 10.8 Å². The van der Waals surface area contributed by atoms with Gasteiger partial charge >= 0.3 is 12.1 Å². The molecule has 0 aromatic heterocycles. The van der Waals surface area contributed by atoms with Crippen LogP contribution in [0.2, 0.25) is 0 Å². The van der Waals surface area contributed by atoms with Gasteiger partial charge in [0.05, 0.1) is 12.2 Å². The number of fused-ring (bicyclic) bond motifs is 5. The second-order valence-corrected chi connectivity index (χ2v) is 15.3. The number of rotatable bonds is 14. The van der Waals surface area contributed by atoms with Crippen LogP contribution < -0.4 is 0 Å². The number of phenols is 1. The number of aromatic hydroxyl groups is 1. The maximum Gasteiger partial charge on any atom is 0.453 e. The molecule has 11 heteroatoms. The molecule has 250 valence electrons. The van der Waals surface area contributed by atoms with E-state index in [2.05, 4.69) is 18.4 Å². The largest absolute Gasteiger partial charge is 0.508 e. The van der Waals surface area contributed by atoms with Crippen molar-refractivity contribution in [3.63, 3.8) is 0 Å². The van der Waals surface area contributed by atoms with Crippen molar-refractivity contribution in [2.45, 2.75) is 101 Å². The van der Waals surface area contributed by atoms with Crippen molar-refractivity contribution in [1.82, 2.24) is 4.90 Å². The number of halogens is 5. The van der Waals surface area contributed by atoms with Crippen LogP contribution in [0.5, 0.6) is 5.75 Å². The molecule has 1 unspecified atom stereocenters. The first-order chi connectivity index (χ1) is 20.6. The zero-order valence-corrected chi connectivity index (χ0v) is 26.6. The number of unbranched alkanes of at least 4 members (excludes halogenated alkanes) is 2. The molecule has 0 heterocycles. The zero-order chi connectivity index (χ0) is 32.4. The lowest BCUT2D eigenvalue weighted by Gasteiger charge is -2.53. The molecule has 0 saturated heterocycles. The van der Waals surface area contributed by atoms with Crippen LogP contribution in [-0.4, -0.2) is 74.3 Å². The van der Waals surface area contributed by atoms with E-state index in [-0.39, 0.29) is 46.3 Å². The Labute approximate surface area is 260 Å². The highest BCUT2D eigenvalue weighted by atomic mass is 32.2. The van der Waals surface area contributed by atoms with Gasteiger partial charge < -0.3 is 20.2 Å². The molecule has 0 aliphatic heterocycles. The number of phenolic OH excluding ortho intramolecular Hbond substituents is 1. The number of nitrogens with zero attached hydrogens (tertiary/aromatic N) is 1. The van der Waals surface area contributed by atoms with Crippen molar-refractivity contribution in [3.8, 4) is 5.75 Å². The van der Waals surface area contributed by atoms with E-state index in [0.29, 0.717) is 19.4 Å². The number of alkyl halides is 5. The summed E-state index contributed by atoms with van der Waals surface area (Å²) in [7, 11) is 0.520. The van der Waals surface area contributed by atoms with Crippen LogP contribution in [0.1, 0.15) is 94.3 Å². The maximum atomic E-state index is 13.0. The molecule has 3 aliphatic carbocycles. The number of aliphatic hydroxyl groups is 2. The monoisotopic (exact) mass is 649 g/mol. The maximum absolute atomic E-state index is 13.0. The van der Waals surface area contributed by atoms with Gasteiger partial charge in [-0.05, 0) is 123 Å². The van der Waals surface area contributed by atoms with Gasteiger partial charge in [-0.15, -0.1) is 0 Å². The molecular formula is C33H48F5NO4S. The molecule has 0 amide bonds. The van der Waals surface area contributed by atoms with Crippen molar-refractivity contribution in [1.29, 1.82) is 0 Å². The number of hydrogen-bond acceptors (Lipinski definition) is 5. The van der Waals surface area contributed by atoms with Gasteiger partial charge in [0.15, 0.2) is 0 Å². The third-order valence-corrected chi connectivity index (χ3v) is 12.3. The Kier molecular flexibility index (Phi) is 11.3. The molecule has 8 atom stereocenters.